The van der Waals surface area contributed by atoms with Gasteiger partial charge in [0.1, 0.15) is 0 Å². The molecular weight excluding hydrogens is 372 g/mol. The maximum Gasteiger partial charge on any atom is 0.180 e. The van der Waals surface area contributed by atoms with Gasteiger partial charge >= 0.3 is 0 Å². The standard InChI is InChI=1S/C21H22N6.C2H6.CH4/c1-21(13-24-26(2)14-21)18-12-23-20-19(22-9-10-27(18)20)25-17-8-7-15-5-3-4-6-16(15)11-17;1-2;/h3-12,24H,13-14H2,1-2H3,(H,22,25);1-2H3;1H4. The Labute approximate surface area is 178 Å². The molecule has 1 saturated heterocycles. The Kier molecular flexibility index (Phi) is 6.39. The van der Waals surface area contributed by atoms with Crippen LogP contribution >= 0.6 is 0 Å². The lowest BCUT2D eigenvalue weighted by Gasteiger charge is -2.22. The summed E-state index contributed by atoms with van der Waals surface area (Å²) in [5.41, 5.74) is 6.45. The number of hydrogen-bond acceptors (Lipinski definition) is 5. The molecule has 6 heteroatoms. The van der Waals surface area contributed by atoms with Crippen molar-refractivity contribution in [2.75, 3.05) is 25.5 Å². The zero-order valence-electron chi connectivity index (χ0n) is 17.5. The molecule has 1 aliphatic heterocycles. The van der Waals surface area contributed by atoms with Gasteiger partial charge in [0, 0.05) is 49.8 Å². The summed E-state index contributed by atoms with van der Waals surface area (Å²) in [5.74, 6) is 0.766. The molecule has 6 nitrogen and oxygen atoms in total. The molecule has 5 rings (SSSR count). The summed E-state index contributed by atoms with van der Waals surface area (Å²) in [7, 11) is 2.07. The third-order valence-corrected chi connectivity index (χ3v) is 5.38. The molecule has 0 radical (unpaired) electrons. The highest BCUT2D eigenvalue weighted by atomic mass is 15.5. The molecule has 1 aliphatic rings. The Bertz CT molecular complexity index is 1130. The summed E-state index contributed by atoms with van der Waals surface area (Å²) in [5, 5.41) is 8.00. The van der Waals surface area contributed by atoms with Gasteiger partial charge in [0.15, 0.2) is 11.5 Å². The molecule has 2 N–H and O–H groups in total. The van der Waals surface area contributed by atoms with Crippen LogP contribution in [0.4, 0.5) is 11.5 Å². The summed E-state index contributed by atoms with van der Waals surface area (Å²) >= 11 is 0. The molecule has 1 unspecified atom stereocenters. The van der Waals surface area contributed by atoms with Gasteiger partial charge in [0.05, 0.1) is 5.69 Å². The van der Waals surface area contributed by atoms with Crippen molar-refractivity contribution >= 4 is 27.9 Å². The molecule has 1 fully saturated rings. The van der Waals surface area contributed by atoms with Crippen molar-refractivity contribution in [1.82, 2.24) is 24.8 Å². The first-order chi connectivity index (χ1) is 14.1. The second-order valence-corrected chi connectivity index (χ2v) is 7.55. The minimum atomic E-state index is 0. The van der Waals surface area contributed by atoms with Crippen LogP contribution in [0.5, 0.6) is 0 Å². The molecule has 4 aromatic rings. The van der Waals surface area contributed by atoms with Gasteiger partial charge in [-0.05, 0) is 22.9 Å². The summed E-state index contributed by atoms with van der Waals surface area (Å²) in [6, 6.07) is 14.7. The largest absolute Gasteiger partial charge is 0.337 e. The first kappa shape index (κ1) is 21.7. The summed E-state index contributed by atoms with van der Waals surface area (Å²) < 4.78 is 2.15. The molecule has 0 aliphatic carbocycles. The van der Waals surface area contributed by atoms with E-state index >= 15 is 0 Å². The molecule has 2 aromatic carbocycles. The van der Waals surface area contributed by atoms with Crippen LogP contribution in [-0.2, 0) is 5.41 Å². The van der Waals surface area contributed by atoms with Crippen molar-refractivity contribution in [3.63, 3.8) is 0 Å². The Morgan fingerprint density at radius 1 is 1.07 bits per heavy atom. The Morgan fingerprint density at radius 2 is 1.83 bits per heavy atom. The number of likely N-dealkylation sites (N-methyl/N-ethyl adjacent to an activating group) is 1. The highest BCUT2D eigenvalue weighted by Gasteiger charge is 2.36. The van der Waals surface area contributed by atoms with E-state index in [9.17, 15) is 0 Å². The van der Waals surface area contributed by atoms with E-state index in [0.717, 1.165) is 30.2 Å². The van der Waals surface area contributed by atoms with E-state index in [2.05, 4.69) is 86.6 Å². The predicted molar refractivity (Wildman–Crippen MR) is 126 cm³/mol. The smallest absolute Gasteiger partial charge is 0.180 e. The molecule has 0 bridgehead atoms. The fourth-order valence-corrected chi connectivity index (χ4v) is 3.97. The lowest BCUT2D eigenvalue weighted by Crippen LogP contribution is -2.29. The monoisotopic (exact) mass is 404 g/mol. The van der Waals surface area contributed by atoms with Crippen molar-refractivity contribution in [2.24, 2.45) is 0 Å². The minimum absolute atomic E-state index is 0. The topological polar surface area (TPSA) is 57.5 Å². The van der Waals surface area contributed by atoms with E-state index < -0.39 is 0 Å². The van der Waals surface area contributed by atoms with E-state index in [-0.39, 0.29) is 12.8 Å². The normalized spacial score (nSPS) is 18.7. The quantitative estimate of drug-likeness (QED) is 0.503. The molecule has 0 saturated carbocycles. The summed E-state index contributed by atoms with van der Waals surface area (Å²) in [6.07, 6.45) is 5.80. The lowest BCUT2D eigenvalue weighted by atomic mass is 9.88. The first-order valence-electron chi connectivity index (χ1n) is 10.2. The van der Waals surface area contributed by atoms with Crippen LogP contribution in [0.25, 0.3) is 16.4 Å². The first-order valence-corrected chi connectivity index (χ1v) is 10.2. The van der Waals surface area contributed by atoms with E-state index in [4.69, 9.17) is 0 Å². The maximum atomic E-state index is 4.68. The molecule has 3 heterocycles. The van der Waals surface area contributed by atoms with Gasteiger partial charge in [-0.2, -0.15) is 0 Å². The Balaban J connectivity index is 0.000000830. The van der Waals surface area contributed by atoms with Gasteiger partial charge < -0.3 is 5.32 Å². The van der Waals surface area contributed by atoms with E-state index in [1.54, 1.807) is 0 Å². The molecule has 1 atom stereocenters. The van der Waals surface area contributed by atoms with Gasteiger partial charge in [0.25, 0.3) is 0 Å². The molecule has 158 valence electrons. The van der Waals surface area contributed by atoms with Gasteiger partial charge in [-0.15, -0.1) is 0 Å². The molecule has 30 heavy (non-hydrogen) atoms. The molecule has 2 aromatic heterocycles. The SMILES string of the molecule is C.CC.CN1CC(C)(c2cnc3c(Nc4ccc5ccccc5c4)nccn23)CN1. The molecule has 0 amide bonds. The van der Waals surface area contributed by atoms with Gasteiger partial charge in [-0.25, -0.2) is 15.0 Å². The van der Waals surface area contributed by atoms with Crippen molar-refractivity contribution in [1.29, 1.82) is 0 Å². The molecule has 0 spiro atoms. The fraction of sp³-hybridized carbons (Fsp3) is 0.333. The Hall–Kier alpha value is -2.96. The van der Waals surface area contributed by atoms with E-state index in [1.165, 1.54) is 16.5 Å². The summed E-state index contributed by atoms with van der Waals surface area (Å²) in [6.45, 7) is 8.10. The van der Waals surface area contributed by atoms with Gasteiger partial charge in [-0.3, -0.25) is 9.83 Å². The zero-order valence-corrected chi connectivity index (χ0v) is 17.5. The van der Waals surface area contributed by atoms with Crippen LogP contribution in [-0.4, -0.2) is 39.5 Å². The minimum Gasteiger partial charge on any atom is -0.337 e. The van der Waals surface area contributed by atoms with E-state index in [1.807, 2.05) is 32.4 Å². The van der Waals surface area contributed by atoms with Crippen LogP contribution in [0.15, 0.2) is 61.1 Å². The maximum absolute atomic E-state index is 4.68. The van der Waals surface area contributed by atoms with Crippen molar-refractivity contribution < 1.29 is 0 Å². The number of hydrazine groups is 1. The third kappa shape index (κ3) is 3.88. The van der Waals surface area contributed by atoms with Gasteiger partial charge in [0.2, 0.25) is 0 Å². The predicted octanol–water partition coefficient (Wildman–Crippen LogP) is 5.00. The number of hydrogen-bond donors (Lipinski definition) is 2. The number of nitrogens with one attached hydrogen (secondary N) is 2. The lowest BCUT2D eigenvalue weighted by molar-refractivity contribution is 0.305. The van der Waals surface area contributed by atoms with Crippen LogP contribution in [0.2, 0.25) is 0 Å². The summed E-state index contributed by atoms with van der Waals surface area (Å²) in [4.78, 5) is 9.22. The number of fused-ring (bicyclic) bond motifs is 2. The van der Waals surface area contributed by atoms with Crippen LogP contribution < -0.4 is 10.7 Å². The number of imidazole rings is 1. The van der Waals surface area contributed by atoms with Crippen LogP contribution in [0, 0.1) is 0 Å². The van der Waals surface area contributed by atoms with Crippen molar-refractivity contribution in [2.45, 2.75) is 33.6 Å². The second-order valence-electron chi connectivity index (χ2n) is 7.55. The average molecular weight is 405 g/mol. The van der Waals surface area contributed by atoms with Crippen LogP contribution in [0.3, 0.4) is 0 Å². The number of anilines is 2. The molecular formula is C24H32N6. The van der Waals surface area contributed by atoms with Crippen molar-refractivity contribution in [3.05, 3.63) is 66.7 Å². The fourth-order valence-electron chi connectivity index (χ4n) is 3.97. The number of benzene rings is 2. The van der Waals surface area contributed by atoms with E-state index in [0.29, 0.717) is 0 Å². The second kappa shape index (κ2) is 8.81. The average Bonchev–Trinajstić information content (AvgIpc) is 3.34. The zero-order chi connectivity index (χ0) is 20.4. The van der Waals surface area contributed by atoms with Crippen molar-refractivity contribution in [3.8, 4) is 0 Å². The van der Waals surface area contributed by atoms with Crippen LogP contribution in [0.1, 0.15) is 33.9 Å². The highest BCUT2D eigenvalue weighted by molar-refractivity contribution is 5.87. The number of aromatic nitrogens is 3. The third-order valence-electron chi connectivity index (χ3n) is 5.38. The Morgan fingerprint density at radius 3 is 2.57 bits per heavy atom. The number of nitrogens with zero attached hydrogens (tertiary/aromatic N) is 4. The number of rotatable bonds is 3. The highest BCUT2D eigenvalue weighted by Crippen LogP contribution is 2.30. The van der Waals surface area contributed by atoms with Gasteiger partial charge in [-0.1, -0.05) is 58.5 Å².